The van der Waals surface area contributed by atoms with Crippen LogP contribution in [0.1, 0.15) is 42.6 Å². The molecule has 1 heterocycles. The van der Waals surface area contributed by atoms with Crippen molar-refractivity contribution in [1.82, 2.24) is 0 Å². The predicted molar refractivity (Wildman–Crippen MR) is 71.8 cm³/mol. The molecule has 0 aromatic heterocycles. The summed E-state index contributed by atoms with van der Waals surface area (Å²) in [5, 5.41) is 9.18. The molecule has 0 amide bonds. The van der Waals surface area contributed by atoms with Crippen LogP contribution in [0.2, 0.25) is 0 Å². The molecule has 1 aliphatic rings. The van der Waals surface area contributed by atoms with Gasteiger partial charge in [-0.1, -0.05) is 13.8 Å². The van der Waals surface area contributed by atoms with Crippen LogP contribution in [-0.2, 0) is 0 Å². The molecule has 3 nitrogen and oxygen atoms in total. The molecule has 0 saturated carbocycles. The molecule has 1 aromatic carbocycles. The highest BCUT2D eigenvalue weighted by atomic mass is 16.1. The minimum atomic E-state index is 0.395. The summed E-state index contributed by atoms with van der Waals surface area (Å²) in [5.74, 6) is 0. The summed E-state index contributed by atoms with van der Waals surface area (Å²) >= 11 is 0. The van der Waals surface area contributed by atoms with Crippen molar-refractivity contribution in [2.24, 2.45) is 5.41 Å². The van der Waals surface area contributed by atoms with Crippen molar-refractivity contribution in [1.29, 1.82) is 5.26 Å². The Balaban J connectivity index is 2.24. The van der Waals surface area contributed by atoms with E-state index < -0.39 is 0 Å². The molecule has 0 spiro atoms. The van der Waals surface area contributed by atoms with Crippen LogP contribution in [0.4, 0.5) is 5.69 Å². The highest BCUT2D eigenvalue weighted by Crippen LogP contribution is 2.33. The lowest BCUT2D eigenvalue weighted by atomic mass is 9.82. The molecule has 2 rings (SSSR count). The van der Waals surface area contributed by atoms with Crippen molar-refractivity contribution >= 4 is 12.0 Å². The summed E-state index contributed by atoms with van der Waals surface area (Å²) < 4.78 is 0. The molecule has 1 aromatic rings. The third-order valence-electron chi connectivity index (χ3n) is 3.73. The van der Waals surface area contributed by atoms with Crippen molar-refractivity contribution in [3.8, 4) is 6.07 Å². The van der Waals surface area contributed by atoms with E-state index in [2.05, 4.69) is 24.8 Å². The molecule has 18 heavy (non-hydrogen) atoms. The van der Waals surface area contributed by atoms with Crippen molar-refractivity contribution in [2.45, 2.75) is 26.7 Å². The van der Waals surface area contributed by atoms with Crippen molar-refractivity contribution in [3.63, 3.8) is 0 Å². The normalized spacial score (nSPS) is 18.2. The Bertz CT molecular complexity index is 490. The lowest BCUT2D eigenvalue weighted by molar-refractivity contribution is 0.112. The van der Waals surface area contributed by atoms with E-state index in [-0.39, 0.29) is 0 Å². The number of carbonyl (C=O) groups is 1. The summed E-state index contributed by atoms with van der Waals surface area (Å²) in [7, 11) is 0. The first-order valence-corrected chi connectivity index (χ1v) is 6.30. The Morgan fingerprint density at radius 2 is 2.00 bits per heavy atom. The molecule has 0 aliphatic carbocycles. The Morgan fingerprint density at radius 1 is 1.33 bits per heavy atom. The van der Waals surface area contributed by atoms with Gasteiger partial charge in [-0.25, -0.2) is 0 Å². The molecule has 0 atom stereocenters. The number of carbonyl (C=O) groups excluding carboxylic acids is 1. The summed E-state index contributed by atoms with van der Waals surface area (Å²) in [6.45, 7) is 6.51. The van der Waals surface area contributed by atoms with Crippen LogP contribution < -0.4 is 4.90 Å². The molecule has 0 unspecified atom stereocenters. The number of hydrogen-bond donors (Lipinski definition) is 0. The van der Waals surface area contributed by atoms with Gasteiger partial charge in [-0.2, -0.15) is 5.26 Å². The Labute approximate surface area is 108 Å². The Kier molecular flexibility index (Phi) is 3.38. The highest BCUT2D eigenvalue weighted by molar-refractivity contribution is 5.78. The monoisotopic (exact) mass is 242 g/mol. The number of nitrogens with zero attached hydrogens (tertiary/aromatic N) is 2. The van der Waals surface area contributed by atoms with Gasteiger partial charge in [0.15, 0.2) is 0 Å². The fourth-order valence-corrected chi connectivity index (χ4v) is 2.35. The zero-order valence-corrected chi connectivity index (χ0v) is 10.9. The third-order valence-corrected chi connectivity index (χ3v) is 3.73. The maximum Gasteiger partial charge on any atom is 0.150 e. The second kappa shape index (κ2) is 4.81. The lowest BCUT2D eigenvalue weighted by Crippen LogP contribution is -2.37. The van der Waals surface area contributed by atoms with Crippen molar-refractivity contribution in [3.05, 3.63) is 29.3 Å². The summed E-state index contributed by atoms with van der Waals surface area (Å²) in [4.78, 5) is 13.0. The number of anilines is 1. The standard InChI is InChI=1S/C15H18N2O/c1-15(2)5-7-17(8-6-15)14-4-3-12(11-18)9-13(14)10-16/h3-4,9,11H,5-8H2,1-2H3. The number of piperidine rings is 1. The van der Waals surface area contributed by atoms with Gasteiger partial charge in [-0.05, 0) is 36.5 Å². The van der Waals surface area contributed by atoms with Gasteiger partial charge in [-0.3, -0.25) is 4.79 Å². The van der Waals surface area contributed by atoms with Gasteiger partial charge in [0, 0.05) is 18.7 Å². The topological polar surface area (TPSA) is 44.1 Å². The highest BCUT2D eigenvalue weighted by Gasteiger charge is 2.26. The average Bonchev–Trinajstić information content (AvgIpc) is 2.38. The van der Waals surface area contributed by atoms with Crippen LogP contribution in [0.3, 0.4) is 0 Å². The third kappa shape index (κ3) is 2.53. The van der Waals surface area contributed by atoms with Crippen LogP contribution in [0.15, 0.2) is 18.2 Å². The van der Waals surface area contributed by atoms with E-state index in [1.165, 1.54) is 0 Å². The largest absolute Gasteiger partial charge is 0.370 e. The lowest BCUT2D eigenvalue weighted by Gasteiger charge is -2.38. The van der Waals surface area contributed by atoms with E-state index in [0.717, 1.165) is 37.9 Å². The maximum absolute atomic E-state index is 10.7. The molecule has 0 radical (unpaired) electrons. The van der Waals surface area contributed by atoms with E-state index in [4.69, 9.17) is 0 Å². The number of aldehydes is 1. The van der Waals surface area contributed by atoms with Gasteiger partial charge in [0.1, 0.15) is 12.4 Å². The van der Waals surface area contributed by atoms with Gasteiger partial charge >= 0.3 is 0 Å². The number of nitriles is 1. The SMILES string of the molecule is CC1(C)CCN(c2ccc(C=O)cc2C#N)CC1. The molecule has 0 bridgehead atoms. The van der Waals surface area contributed by atoms with E-state index in [9.17, 15) is 10.1 Å². The molecular formula is C15H18N2O. The number of hydrogen-bond acceptors (Lipinski definition) is 3. The molecule has 3 heteroatoms. The second-order valence-corrected chi connectivity index (χ2v) is 5.66. The summed E-state index contributed by atoms with van der Waals surface area (Å²) in [6.07, 6.45) is 3.05. The Morgan fingerprint density at radius 3 is 2.56 bits per heavy atom. The van der Waals surface area contributed by atoms with E-state index in [0.29, 0.717) is 16.5 Å². The quantitative estimate of drug-likeness (QED) is 0.749. The summed E-state index contributed by atoms with van der Waals surface area (Å²) in [6, 6.07) is 7.53. The van der Waals surface area contributed by atoms with Gasteiger partial charge in [0.2, 0.25) is 0 Å². The first kappa shape index (κ1) is 12.6. The predicted octanol–water partition coefficient (Wildman–Crippen LogP) is 3.00. The molecule has 1 aliphatic heterocycles. The molecule has 94 valence electrons. The minimum Gasteiger partial charge on any atom is -0.370 e. The van der Waals surface area contributed by atoms with Crippen LogP contribution in [-0.4, -0.2) is 19.4 Å². The molecule has 1 fully saturated rings. The summed E-state index contributed by atoms with van der Waals surface area (Å²) in [5.41, 5.74) is 2.51. The Hall–Kier alpha value is -1.82. The van der Waals surface area contributed by atoms with Gasteiger partial charge < -0.3 is 4.90 Å². The van der Waals surface area contributed by atoms with Gasteiger partial charge in [-0.15, -0.1) is 0 Å². The van der Waals surface area contributed by atoms with Crippen molar-refractivity contribution in [2.75, 3.05) is 18.0 Å². The molecule has 0 N–H and O–H groups in total. The first-order chi connectivity index (χ1) is 8.55. The van der Waals surface area contributed by atoms with Crippen LogP contribution in [0.25, 0.3) is 0 Å². The second-order valence-electron chi connectivity index (χ2n) is 5.66. The average molecular weight is 242 g/mol. The van der Waals surface area contributed by atoms with E-state index in [1.54, 1.807) is 12.1 Å². The minimum absolute atomic E-state index is 0.395. The van der Waals surface area contributed by atoms with Crippen LogP contribution >= 0.6 is 0 Å². The smallest absolute Gasteiger partial charge is 0.150 e. The van der Waals surface area contributed by atoms with Gasteiger partial charge in [0.05, 0.1) is 11.3 Å². The van der Waals surface area contributed by atoms with Crippen LogP contribution in [0, 0.1) is 16.7 Å². The fraction of sp³-hybridized carbons (Fsp3) is 0.467. The molecular weight excluding hydrogens is 224 g/mol. The fourth-order valence-electron chi connectivity index (χ4n) is 2.35. The van der Waals surface area contributed by atoms with E-state index >= 15 is 0 Å². The van der Waals surface area contributed by atoms with Gasteiger partial charge in [0.25, 0.3) is 0 Å². The number of rotatable bonds is 2. The number of benzene rings is 1. The van der Waals surface area contributed by atoms with Crippen molar-refractivity contribution < 1.29 is 4.79 Å². The zero-order chi connectivity index (χ0) is 13.2. The van der Waals surface area contributed by atoms with Crippen LogP contribution in [0.5, 0.6) is 0 Å². The van der Waals surface area contributed by atoms with E-state index in [1.807, 2.05) is 6.07 Å². The molecule has 1 saturated heterocycles. The zero-order valence-electron chi connectivity index (χ0n) is 10.9. The first-order valence-electron chi connectivity index (χ1n) is 6.30. The maximum atomic E-state index is 10.7.